The molecule has 0 amide bonds. The Morgan fingerprint density at radius 2 is 1.86 bits per heavy atom. The quantitative estimate of drug-likeness (QED) is 0.734. The van der Waals surface area contributed by atoms with Gasteiger partial charge in [0.1, 0.15) is 5.82 Å². The van der Waals surface area contributed by atoms with Crippen LogP contribution in [0.25, 0.3) is 17.1 Å². The van der Waals surface area contributed by atoms with Gasteiger partial charge in [0, 0.05) is 5.69 Å². The summed E-state index contributed by atoms with van der Waals surface area (Å²) in [5, 5.41) is 12.0. The van der Waals surface area contributed by atoms with Crippen molar-refractivity contribution in [3.05, 3.63) is 52.3 Å². The van der Waals surface area contributed by atoms with Crippen LogP contribution in [0.15, 0.2) is 36.4 Å². The molecule has 0 saturated heterocycles. The number of rotatable bonds is 2. The molecular formula is C13H8Cl2FN5. The fourth-order valence-corrected chi connectivity index (χ4v) is 2.15. The van der Waals surface area contributed by atoms with E-state index in [2.05, 4.69) is 15.5 Å². The maximum Gasteiger partial charge on any atom is 0.190 e. The zero-order chi connectivity index (χ0) is 15.0. The third kappa shape index (κ3) is 2.55. The molecule has 0 aliphatic heterocycles. The van der Waals surface area contributed by atoms with Crippen LogP contribution < -0.4 is 5.73 Å². The molecule has 0 atom stereocenters. The van der Waals surface area contributed by atoms with Crippen molar-refractivity contribution in [1.29, 1.82) is 0 Å². The molecule has 21 heavy (non-hydrogen) atoms. The minimum Gasteiger partial charge on any atom is -0.399 e. The Labute approximate surface area is 129 Å². The molecule has 1 heterocycles. The molecule has 2 N–H and O–H groups in total. The minimum atomic E-state index is -0.472. The smallest absolute Gasteiger partial charge is 0.190 e. The summed E-state index contributed by atoms with van der Waals surface area (Å²) in [4.78, 5) is 0. The molecule has 8 heteroatoms. The number of benzene rings is 2. The fourth-order valence-electron chi connectivity index (χ4n) is 1.86. The first-order valence-corrected chi connectivity index (χ1v) is 6.61. The molecule has 0 spiro atoms. The molecule has 2 aromatic carbocycles. The largest absolute Gasteiger partial charge is 0.399 e. The summed E-state index contributed by atoms with van der Waals surface area (Å²) in [6, 6.07) is 9.08. The number of hydrogen-bond donors (Lipinski definition) is 1. The maximum absolute atomic E-state index is 14.0. The predicted octanol–water partition coefficient (Wildman–Crippen LogP) is 3.36. The van der Waals surface area contributed by atoms with E-state index in [4.69, 9.17) is 28.9 Å². The van der Waals surface area contributed by atoms with E-state index in [1.165, 1.54) is 22.9 Å². The van der Waals surface area contributed by atoms with Crippen LogP contribution in [-0.2, 0) is 0 Å². The van der Waals surface area contributed by atoms with E-state index in [0.29, 0.717) is 21.4 Å². The van der Waals surface area contributed by atoms with Crippen molar-refractivity contribution in [2.24, 2.45) is 0 Å². The van der Waals surface area contributed by atoms with Gasteiger partial charge in [-0.15, -0.1) is 5.10 Å². The van der Waals surface area contributed by atoms with Crippen LogP contribution in [0.2, 0.25) is 10.0 Å². The first-order chi connectivity index (χ1) is 10.1. The molecule has 0 fully saturated rings. The first kappa shape index (κ1) is 13.8. The van der Waals surface area contributed by atoms with E-state index in [-0.39, 0.29) is 11.4 Å². The van der Waals surface area contributed by atoms with Crippen LogP contribution in [0.3, 0.4) is 0 Å². The van der Waals surface area contributed by atoms with Crippen LogP contribution in [0, 0.1) is 5.82 Å². The standard InChI is InChI=1S/C13H8Cl2FN5/c14-10-3-2-8(6-11(10)15)21-13(18-19-20-21)9-5-7(17)1-4-12(9)16/h1-6H,17H2. The van der Waals surface area contributed by atoms with Crippen LogP contribution >= 0.6 is 23.2 Å². The van der Waals surface area contributed by atoms with Gasteiger partial charge in [0.05, 0.1) is 21.3 Å². The van der Waals surface area contributed by atoms with Crippen molar-refractivity contribution < 1.29 is 4.39 Å². The van der Waals surface area contributed by atoms with Gasteiger partial charge >= 0.3 is 0 Å². The zero-order valence-corrected chi connectivity index (χ0v) is 12.0. The lowest BCUT2D eigenvalue weighted by atomic mass is 10.1. The molecule has 0 unspecified atom stereocenters. The zero-order valence-electron chi connectivity index (χ0n) is 10.5. The monoisotopic (exact) mass is 323 g/mol. The summed E-state index contributed by atoms with van der Waals surface area (Å²) in [6.07, 6.45) is 0. The molecule has 3 rings (SSSR count). The van der Waals surface area contributed by atoms with Crippen molar-refractivity contribution in [2.75, 3.05) is 5.73 Å². The summed E-state index contributed by atoms with van der Waals surface area (Å²) in [5.41, 5.74) is 6.86. The Morgan fingerprint density at radius 1 is 1.05 bits per heavy atom. The van der Waals surface area contributed by atoms with Crippen molar-refractivity contribution >= 4 is 28.9 Å². The normalized spacial score (nSPS) is 10.8. The van der Waals surface area contributed by atoms with Crippen molar-refractivity contribution in [3.63, 3.8) is 0 Å². The number of nitrogens with zero attached hydrogens (tertiary/aromatic N) is 4. The molecule has 0 aliphatic carbocycles. The maximum atomic E-state index is 14.0. The molecule has 0 aliphatic rings. The SMILES string of the molecule is Nc1ccc(F)c(-c2nnnn2-c2ccc(Cl)c(Cl)c2)c1. The van der Waals surface area contributed by atoms with Crippen LogP contribution in [-0.4, -0.2) is 20.2 Å². The van der Waals surface area contributed by atoms with Crippen molar-refractivity contribution in [1.82, 2.24) is 20.2 Å². The minimum absolute atomic E-state index is 0.200. The second-order valence-electron chi connectivity index (χ2n) is 4.25. The lowest BCUT2D eigenvalue weighted by molar-refractivity contribution is 0.629. The third-order valence-corrected chi connectivity index (χ3v) is 3.59. The van der Waals surface area contributed by atoms with Crippen LogP contribution in [0.5, 0.6) is 0 Å². The number of tetrazole rings is 1. The molecule has 106 valence electrons. The second-order valence-corrected chi connectivity index (χ2v) is 5.07. The Balaban J connectivity index is 2.17. The molecule has 0 saturated carbocycles. The van der Waals surface area contributed by atoms with Gasteiger partial charge in [0.25, 0.3) is 0 Å². The summed E-state index contributed by atoms with van der Waals surface area (Å²) < 4.78 is 15.3. The fraction of sp³-hybridized carbons (Fsp3) is 0. The molecule has 5 nitrogen and oxygen atoms in total. The molecular weight excluding hydrogens is 316 g/mol. The third-order valence-electron chi connectivity index (χ3n) is 2.85. The highest BCUT2D eigenvalue weighted by Crippen LogP contribution is 2.28. The van der Waals surface area contributed by atoms with E-state index in [9.17, 15) is 4.39 Å². The van der Waals surface area contributed by atoms with E-state index in [0.717, 1.165) is 0 Å². The van der Waals surface area contributed by atoms with Crippen molar-refractivity contribution in [2.45, 2.75) is 0 Å². The van der Waals surface area contributed by atoms with Gasteiger partial charge in [-0.25, -0.2) is 4.39 Å². The average molecular weight is 324 g/mol. The van der Waals surface area contributed by atoms with Gasteiger partial charge in [-0.1, -0.05) is 23.2 Å². The molecule has 3 aromatic rings. The van der Waals surface area contributed by atoms with E-state index in [1.54, 1.807) is 18.2 Å². The highest BCUT2D eigenvalue weighted by atomic mass is 35.5. The van der Waals surface area contributed by atoms with Gasteiger partial charge in [-0.3, -0.25) is 0 Å². The summed E-state index contributed by atoms with van der Waals surface area (Å²) in [5.74, 6) is -0.251. The molecule has 0 bridgehead atoms. The lowest BCUT2D eigenvalue weighted by Crippen LogP contribution is -2.01. The van der Waals surface area contributed by atoms with Gasteiger partial charge in [-0.05, 0) is 46.8 Å². The number of nitrogen functional groups attached to an aromatic ring is 1. The van der Waals surface area contributed by atoms with E-state index in [1.807, 2.05) is 0 Å². The first-order valence-electron chi connectivity index (χ1n) is 5.85. The van der Waals surface area contributed by atoms with Gasteiger partial charge in [0.2, 0.25) is 0 Å². The molecule has 0 radical (unpaired) electrons. The number of nitrogens with two attached hydrogens (primary N) is 1. The van der Waals surface area contributed by atoms with Crippen LogP contribution in [0.1, 0.15) is 0 Å². The highest BCUT2D eigenvalue weighted by molar-refractivity contribution is 6.42. The topological polar surface area (TPSA) is 69.6 Å². The van der Waals surface area contributed by atoms with E-state index >= 15 is 0 Å². The number of halogens is 3. The number of hydrogen-bond acceptors (Lipinski definition) is 4. The van der Waals surface area contributed by atoms with Crippen molar-refractivity contribution in [3.8, 4) is 17.1 Å². The molecule has 1 aromatic heterocycles. The highest BCUT2D eigenvalue weighted by Gasteiger charge is 2.15. The Kier molecular flexibility index (Phi) is 3.48. The Morgan fingerprint density at radius 3 is 2.62 bits per heavy atom. The number of anilines is 1. The summed E-state index contributed by atoms with van der Waals surface area (Å²) in [7, 11) is 0. The van der Waals surface area contributed by atoms with Gasteiger partial charge < -0.3 is 5.73 Å². The summed E-state index contributed by atoms with van der Waals surface area (Å²) >= 11 is 11.9. The van der Waals surface area contributed by atoms with Gasteiger partial charge in [-0.2, -0.15) is 4.68 Å². The second kappa shape index (κ2) is 5.31. The average Bonchev–Trinajstić information content (AvgIpc) is 2.93. The van der Waals surface area contributed by atoms with E-state index < -0.39 is 5.82 Å². The number of aromatic nitrogens is 4. The Bertz CT molecular complexity index is 818. The predicted molar refractivity (Wildman–Crippen MR) is 79.0 cm³/mol. The Hall–Kier alpha value is -2.18. The van der Waals surface area contributed by atoms with Gasteiger partial charge in [0.15, 0.2) is 5.82 Å². The summed E-state index contributed by atoms with van der Waals surface area (Å²) in [6.45, 7) is 0. The lowest BCUT2D eigenvalue weighted by Gasteiger charge is -2.07. The van der Waals surface area contributed by atoms with Crippen LogP contribution in [0.4, 0.5) is 10.1 Å².